The van der Waals surface area contributed by atoms with Crippen LogP contribution in [-0.2, 0) is 0 Å². The van der Waals surface area contributed by atoms with Crippen molar-refractivity contribution >= 4 is 15.9 Å². The zero-order valence-corrected chi connectivity index (χ0v) is 10.2. The quantitative estimate of drug-likeness (QED) is 0.601. The van der Waals surface area contributed by atoms with Crippen LogP contribution in [0.25, 0.3) is 0 Å². The molecule has 2 rings (SSSR count). The van der Waals surface area contributed by atoms with Crippen LogP contribution in [0.3, 0.4) is 0 Å². The molecule has 1 heteroatoms. The fourth-order valence-electron chi connectivity index (χ4n) is 3.30. The lowest BCUT2D eigenvalue weighted by molar-refractivity contribution is 0.207. The van der Waals surface area contributed by atoms with E-state index in [-0.39, 0.29) is 0 Å². The second-order valence-electron chi connectivity index (χ2n) is 5.20. The molecular formula is C12H21Br. The summed E-state index contributed by atoms with van der Waals surface area (Å²) in [6.07, 6.45) is 10.4. The molecule has 4 atom stereocenters. The zero-order valence-electron chi connectivity index (χ0n) is 8.64. The van der Waals surface area contributed by atoms with Crippen LogP contribution in [0.1, 0.15) is 51.9 Å². The first-order valence-electron chi connectivity index (χ1n) is 5.89. The van der Waals surface area contributed by atoms with Crippen molar-refractivity contribution in [1.29, 1.82) is 0 Å². The van der Waals surface area contributed by atoms with Crippen LogP contribution in [0.4, 0.5) is 0 Å². The van der Waals surface area contributed by atoms with E-state index in [1.165, 1.54) is 44.9 Å². The smallest absolute Gasteiger partial charge is 0.0148 e. The first kappa shape index (κ1) is 10.0. The topological polar surface area (TPSA) is 0 Å². The third-order valence-electron chi connectivity index (χ3n) is 4.05. The number of alkyl halides is 1. The molecule has 0 heterocycles. The summed E-state index contributed by atoms with van der Waals surface area (Å²) in [5.74, 6) is 3.14. The monoisotopic (exact) mass is 244 g/mol. The lowest BCUT2D eigenvalue weighted by Gasteiger charge is -2.31. The Hall–Kier alpha value is 0.480. The molecule has 0 aliphatic heterocycles. The molecule has 0 saturated heterocycles. The summed E-state index contributed by atoms with van der Waals surface area (Å²) >= 11 is 3.76. The fourth-order valence-corrected chi connectivity index (χ4v) is 4.04. The van der Waals surface area contributed by atoms with Crippen LogP contribution in [0.5, 0.6) is 0 Å². The molecule has 0 bridgehead atoms. The maximum Gasteiger partial charge on any atom is 0.0148 e. The third kappa shape index (κ3) is 2.49. The maximum atomic E-state index is 3.76. The van der Waals surface area contributed by atoms with E-state index in [1.807, 2.05) is 0 Å². The van der Waals surface area contributed by atoms with Crippen LogP contribution in [-0.4, -0.2) is 4.83 Å². The van der Waals surface area contributed by atoms with Crippen LogP contribution in [0, 0.1) is 17.8 Å². The van der Waals surface area contributed by atoms with Crippen molar-refractivity contribution in [2.75, 3.05) is 0 Å². The van der Waals surface area contributed by atoms with Crippen molar-refractivity contribution in [3.63, 3.8) is 0 Å². The van der Waals surface area contributed by atoms with Gasteiger partial charge in [-0.3, -0.25) is 0 Å². The van der Waals surface area contributed by atoms with E-state index in [2.05, 4.69) is 22.9 Å². The van der Waals surface area contributed by atoms with Crippen molar-refractivity contribution in [2.45, 2.75) is 56.7 Å². The highest BCUT2D eigenvalue weighted by Gasteiger charge is 2.31. The zero-order chi connectivity index (χ0) is 9.26. The normalized spacial score (nSPS) is 46.6. The van der Waals surface area contributed by atoms with Gasteiger partial charge < -0.3 is 0 Å². The molecule has 0 aromatic carbocycles. The van der Waals surface area contributed by atoms with Gasteiger partial charge in [0.25, 0.3) is 0 Å². The summed E-state index contributed by atoms with van der Waals surface area (Å²) in [7, 11) is 0. The summed E-state index contributed by atoms with van der Waals surface area (Å²) < 4.78 is 0. The van der Waals surface area contributed by atoms with Gasteiger partial charge in [0.15, 0.2) is 0 Å². The highest BCUT2D eigenvalue weighted by Crippen LogP contribution is 2.42. The van der Waals surface area contributed by atoms with Crippen LogP contribution < -0.4 is 0 Å². The van der Waals surface area contributed by atoms with E-state index in [4.69, 9.17) is 0 Å². The van der Waals surface area contributed by atoms with Crippen LogP contribution >= 0.6 is 15.9 Å². The van der Waals surface area contributed by atoms with E-state index >= 15 is 0 Å². The molecule has 0 spiro atoms. The van der Waals surface area contributed by atoms with Crippen molar-refractivity contribution in [1.82, 2.24) is 0 Å². The van der Waals surface area contributed by atoms with Gasteiger partial charge in [-0.05, 0) is 43.4 Å². The van der Waals surface area contributed by atoms with Crippen molar-refractivity contribution in [3.8, 4) is 0 Å². The van der Waals surface area contributed by atoms with Gasteiger partial charge in [0.05, 0.1) is 0 Å². The Morgan fingerprint density at radius 2 is 1.69 bits per heavy atom. The summed E-state index contributed by atoms with van der Waals surface area (Å²) in [4.78, 5) is 0.842. The Morgan fingerprint density at radius 1 is 0.923 bits per heavy atom. The first-order chi connectivity index (χ1) is 6.25. The first-order valence-corrected chi connectivity index (χ1v) is 6.81. The van der Waals surface area contributed by atoms with Crippen molar-refractivity contribution in [2.24, 2.45) is 17.8 Å². The molecule has 13 heavy (non-hydrogen) atoms. The van der Waals surface area contributed by atoms with E-state index in [0.717, 1.165) is 22.6 Å². The Bertz CT molecular complexity index is 167. The number of rotatable bonds is 1. The molecular weight excluding hydrogens is 224 g/mol. The minimum Gasteiger partial charge on any atom is -0.0891 e. The minimum absolute atomic E-state index is 0.842. The molecule has 2 saturated carbocycles. The molecule has 2 aliphatic rings. The summed E-state index contributed by atoms with van der Waals surface area (Å²) in [6, 6.07) is 0. The molecule has 4 unspecified atom stereocenters. The molecule has 2 aliphatic carbocycles. The molecule has 0 radical (unpaired) electrons. The molecule has 0 N–H and O–H groups in total. The van der Waals surface area contributed by atoms with Gasteiger partial charge in [0.1, 0.15) is 0 Å². The highest BCUT2D eigenvalue weighted by molar-refractivity contribution is 9.09. The average Bonchev–Trinajstić information content (AvgIpc) is 2.52. The van der Waals surface area contributed by atoms with Crippen LogP contribution in [0.2, 0.25) is 0 Å². The standard InChI is InChI=1S/C12H21Br/c1-9-3-2-4-10(7-9)11-5-6-12(13)8-11/h9-12H,2-8H2,1H3. The minimum atomic E-state index is 0.842. The Kier molecular flexibility index (Phi) is 3.34. The van der Waals surface area contributed by atoms with Crippen molar-refractivity contribution in [3.05, 3.63) is 0 Å². The van der Waals surface area contributed by atoms with Crippen LogP contribution in [0.15, 0.2) is 0 Å². The molecule has 0 aromatic heterocycles. The molecule has 76 valence electrons. The number of halogens is 1. The van der Waals surface area contributed by atoms with E-state index in [1.54, 1.807) is 0 Å². The molecule has 2 fully saturated rings. The van der Waals surface area contributed by atoms with Gasteiger partial charge in [-0.15, -0.1) is 0 Å². The predicted octanol–water partition coefficient (Wildman–Crippen LogP) is 4.38. The molecule has 0 amide bonds. The van der Waals surface area contributed by atoms with Gasteiger partial charge in [-0.2, -0.15) is 0 Å². The molecule has 0 aromatic rings. The largest absolute Gasteiger partial charge is 0.0891 e. The fraction of sp³-hybridized carbons (Fsp3) is 1.00. The van der Waals surface area contributed by atoms with E-state index < -0.39 is 0 Å². The number of hydrogen-bond acceptors (Lipinski definition) is 0. The predicted molar refractivity (Wildman–Crippen MR) is 61.2 cm³/mol. The van der Waals surface area contributed by atoms with Gasteiger partial charge in [-0.1, -0.05) is 42.1 Å². The Morgan fingerprint density at radius 3 is 2.31 bits per heavy atom. The highest BCUT2D eigenvalue weighted by atomic mass is 79.9. The maximum absolute atomic E-state index is 3.76. The second kappa shape index (κ2) is 4.33. The lowest BCUT2D eigenvalue weighted by atomic mass is 9.75. The second-order valence-corrected chi connectivity index (χ2v) is 6.50. The van der Waals surface area contributed by atoms with E-state index in [9.17, 15) is 0 Å². The van der Waals surface area contributed by atoms with Gasteiger partial charge in [0, 0.05) is 4.83 Å². The van der Waals surface area contributed by atoms with Crippen molar-refractivity contribution < 1.29 is 0 Å². The third-order valence-corrected chi connectivity index (χ3v) is 4.88. The summed E-state index contributed by atoms with van der Waals surface area (Å²) in [5, 5.41) is 0. The average molecular weight is 245 g/mol. The van der Waals surface area contributed by atoms with E-state index in [0.29, 0.717) is 0 Å². The van der Waals surface area contributed by atoms with Gasteiger partial charge >= 0.3 is 0 Å². The Labute approximate surface area is 90.6 Å². The van der Waals surface area contributed by atoms with Gasteiger partial charge in [-0.25, -0.2) is 0 Å². The lowest BCUT2D eigenvalue weighted by Crippen LogP contribution is -2.20. The number of hydrogen-bond donors (Lipinski definition) is 0. The summed E-state index contributed by atoms with van der Waals surface area (Å²) in [5.41, 5.74) is 0. The SMILES string of the molecule is CC1CCCC(C2CCC(Br)C2)C1. The summed E-state index contributed by atoms with van der Waals surface area (Å²) in [6.45, 7) is 2.44. The molecule has 0 nitrogen and oxygen atoms in total. The Balaban J connectivity index is 1.85. The van der Waals surface area contributed by atoms with Gasteiger partial charge in [0.2, 0.25) is 0 Å².